The minimum absolute atomic E-state index is 0.0696. The molecule has 9 heteroatoms. The van der Waals surface area contributed by atoms with Crippen molar-refractivity contribution in [2.75, 3.05) is 13.1 Å². The molecule has 0 radical (unpaired) electrons. The molecule has 1 aliphatic heterocycles. The monoisotopic (exact) mass is 430 g/mol. The third-order valence-electron chi connectivity index (χ3n) is 5.24. The predicted molar refractivity (Wildman–Crippen MR) is 110 cm³/mol. The average molecular weight is 430 g/mol. The molecule has 1 aromatic carbocycles. The van der Waals surface area contributed by atoms with Crippen molar-refractivity contribution in [3.8, 4) is 0 Å². The Morgan fingerprint density at radius 2 is 1.90 bits per heavy atom. The summed E-state index contributed by atoms with van der Waals surface area (Å²) in [5.74, 6) is -0.672. The van der Waals surface area contributed by atoms with Gasteiger partial charge in [0.2, 0.25) is 10.0 Å². The smallest absolute Gasteiger partial charge is 0.355 e. The second-order valence-electron chi connectivity index (χ2n) is 7.45. The Hall–Kier alpha value is -2.91. The summed E-state index contributed by atoms with van der Waals surface area (Å²) in [6, 6.07) is 8.05. The molecule has 0 saturated carbocycles. The molecule has 0 spiro atoms. The van der Waals surface area contributed by atoms with Crippen LogP contribution in [0.4, 0.5) is 0 Å². The number of aromatic nitrogens is 1. The van der Waals surface area contributed by atoms with Crippen molar-refractivity contribution in [2.45, 2.75) is 31.3 Å². The van der Waals surface area contributed by atoms with E-state index in [0.29, 0.717) is 29.6 Å². The van der Waals surface area contributed by atoms with Gasteiger partial charge in [-0.05, 0) is 37.5 Å². The first kappa shape index (κ1) is 20.4. The fraction of sp³-hybridized carbons (Fsp3) is 0.333. The fourth-order valence-corrected chi connectivity index (χ4v) is 5.22. The Bertz CT molecular complexity index is 1280. The molecular weight excluding hydrogens is 408 g/mol. The van der Waals surface area contributed by atoms with Crippen LogP contribution >= 0.6 is 0 Å². The van der Waals surface area contributed by atoms with Crippen LogP contribution in [0.5, 0.6) is 0 Å². The molecule has 158 valence electrons. The molecule has 1 aliphatic rings. The number of carbonyl (C=O) groups is 1. The first-order chi connectivity index (χ1) is 14.3. The van der Waals surface area contributed by atoms with E-state index >= 15 is 0 Å². The molecule has 8 nitrogen and oxygen atoms in total. The maximum Gasteiger partial charge on any atom is 0.355 e. The fourth-order valence-electron chi connectivity index (χ4n) is 3.63. The van der Waals surface area contributed by atoms with Crippen molar-refractivity contribution >= 4 is 27.0 Å². The summed E-state index contributed by atoms with van der Waals surface area (Å²) in [5.41, 5.74) is 1.48. The highest BCUT2D eigenvalue weighted by Gasteiger charge is 2.29. The number of hydrogen-bond donors (Lipinski definition) is 0. The lowest BCUT2D eigenvalue weighted by atomic mass is 10.1. The summed E-state index contributed by atoms with van der Waals surface area (Å²) in [6.45, 7) is 2.72. The van der Waals surface area contributed by atoms with Crippen LogP contribution in [0.3, 0.4) is 0 Å². The van der Waals surface area contributed by atoms with Gasteiger partial charge in [0.1, 0.15) is 22.8 Å². The molecule has 30 heavy (non-hydrogen) atoms. The number of aryl methyl sites for hydroxylation is 2. The summed E-state index contributed by atoms with van der Waals surface area (Å²) < 4.78 is 38.9. The molecule has 0 aliphatic carbocycles. The van der Waals surface area contributed by atoms with Gasteiger partial charge in [0, 0.05) is 43.4 Å². The van der Waals surface area contributed by atoms with Gasteiger partial charge >= 0.3 is 11.6 Å². The van der Waals surface area contributed by atoms with Crippen LogP contribution in [-0.4, -0.2) is 36.3 Å². The molecular formula is C21H22N2O6S. The minimum atomic E-state index is -3.63. The van der Waals surface area contributed by atoms with Crippen LogP contribution in [0.2, 0.25) is 0 Å². The highest BCUT2D eigenvalue weighted by atomic mass is 32.2. The van der Waals surface area contributed by atoms with Gasteiger partial charge in [-0.2, -0.15) is 4.31 Å². The van der Waals surface area contributed by atoms with E-state index in [9.17, 15) is 18.0 Å². The molecule has 0 N–H and O–H groups in total. The third kappa shape index (κ3) is 3.78. The van der Waals surface area contributed by atoms with Crippen molar-refractivity contribution in [1.29, 1.82) is 0 Å². The Kier molecular flexibility index (Phi) is 5.25. The van der Waals surface area contributed by atoms with E-state index in [1.165, 1.54) is 27.2 Å². The van der Waals surface area contributed by atoms with Crippen molar-refractivity contribution < 1.29 is 22.4 Å². The summed E-state index contributed by atoms with van der Waals surface area (Å²) in [5, 5.41) is 0.678. The third-order valence-corrected chi connectivity index (χ3v) is 7.10. The highest BCUT2D eigenvalue weighted by Crippen LogP contribution is 2.24. The van der Waals surface area contributed by atoms with Gasteiger partial charge in [-0.3, -0.25) is 0 Å². The van der Waals surface area contributed by atoms with E-state index in [2.05, 4.69) is 0 Å². The van der Waals surface area contributed by atoms with Gasteiger partial charge in [-0.15, -0.1) is 0 Å². The number of sulfonamides is 1. The maximum atomic E-state index is 12.7. The SMILES string of the molecule is Cc1ccc2c(COC(=O)c3cc(S(=O)(=O)N4CCCC4)cn3C)cc(=O)oc2c1. The molecule has 1 saturated heterocycles. The zero-order valence-electron chi connectivity index (χ0n) is 16.8. The van der Waals surface area contributed by atoms with Crippen LogP contribution < -0.4 is 5.63 Å². The quantitative estimate of drug-likeness (QED) is 0.456. The van der Waals surface area contributed by atoms with E-state index in [4.69, 9.17) is 9.15 Å². The number of rotatable bonds is 5. The topological polar surface area (TPSA) is 98.8 Å². The molecule has 0 unspecified atom stereocenters. The maximum absolute atomic E-state index is 12.7. The van der Waals surface area contributed by atoms with E-state index < -0.39 is 21.6 Å². The van der Waals surface area contributed by atoms with Gasteiger partial charge in [0.15, 0.2) is 0 Å². The van der Waals surface area contributed by atoms with E-state index in [1.54, 1.807) is 19.2 Å². The van der Waals surface area contributed by atoms with Crippen LogP contribution in [-0.2, 0) is 28.4 Å². The molecule has 0 atom stereocenters. The Balaban J connectivity index is 1.56. The standard InChI is InChI=1S/C21H22N2O6S/c1-14-5-6-17-15(10-20(24)29-19(17)9-14)13-28-21(25)18-11-16(12-22(18)2)30(26,27)23-7-3-4-8-23/h5-6,9-12H,3-4,7-8,13H2,1-2H3. The van der Waals surface area contributed by atoms with Crippen LogP contribution in [0, 0.1) is 6.92 Å². The number of benzene rings is 1. The lowest BCUT2D eigenvalue weighted by Crippen LogP contribution is -2.27. The zero-order valence-corrected chi connectivity index (χ0v) is 17.6. The Morgan fingerprint density at radius 3 is 2.63 bits per heavy atom. The predicted octanol–water partition coefficient (Wildman–Crippen LogP) is 2.58. The Morgan fingerprint density at radius 1 is 1.17 bits per heavy atom. The van der Waals surface area contributed by atoms with Crippen molar-refractivity contribution in [2.24, 2.45) is 7.05 Å². The largest absolute Gasteiger partial charge is 0.456 e. The lowest BCUT2D eigenvalue weighted by molar-refractivity contribution is 0.0462. The number of carbonyl (C=O) groups excluding carboxylic acids is 1. The van der Waals surface area contributed by atoms with Crippen LogP contribution in [0.15, 0.2) is 50.6 Å². The average Bonchev–Trinajstić information content (AvgIpc) is 3.36. The molecule has 2 aromatic heterocycles. The van der Waals surface area contributed by atoms with Gasteiger partial charge < -0.3 is 13.7 Å². The first-order valence-electron chi connectivity index (χ1n) is 9.63. The summed E-state index contributed by atoms with van der Waals surface area (Å²) in [4.78, 5) is 24.5. The second kappa shape index (κ2) is 7.73. The van der Waals surface area contributed by atoms with E-state index in [0.717, 1.165) is 18.4 Å². The second-order valence-corrected chi connectivity index (χ2v) is 9.39. The van der Waals surface area contributed by atoms with E-state index in [1.807, 2.05) is 13.0 Å². The number of nitrogens with zero attached hydrogens (tertiary/aromatic N) is 2. The van der Waals surface area contributed by atoms with Crippen molar-refractivity contribution in [3.63, 3.8) is 0 Å². The molecule has 0 bridgehead atoms. The van der Waals surface area contributed by atoms with E-state index in [-0.39, 0.29) is 17.2 Å². The van der Waals surface area contributed by atoms with Crippen LogP contribution in [0.1, 0.15) is 34.5 Å². The first-order valence-corrected chi connectivity index (χ1v) is 11.1. The van der Waals surface area contributed by atoms with Gasteiger partial charge in [-0.25, -0.2) is 18.0 Å². The molecule has 0 amide bonds. The molecule has 4 rings (SSSR count). The number of esters is 1. The van der Waals surface area contributed by atoms with Gasteiger partial charge in [0.25, 0.3) is 0 Å². The zero-order chi connectivity index (χ0) is 21.5. The van der Waals surface area contributed by atoms with Gasteiger partial charge in [0.05, 0.1) is 0 Å². The van der Waals surface area contributed by atoms with Crippen molar-refractivity contribution in [3.05, 3.63) is 63.8 Å². The Labute approximate surface area is 173 Å². The number of fused-ring (bicyclic) bond motifs is 1. The van der Waals surface area contributed by atoms with Crippen LogP contribution in [0.25, 0.3) is 11.0 Å². The van der Waals surface area contributed by atoms with Gasteiger partial charge in [-0.1, -0.05) is 12.1 Å². The summed E-state index contributed by atoms with van der Waals surface area (Å²) in [6.07, 6.45) is 3.08. The highest BCUT2D eigenvalue weighted by molar-refractivity contribution is 7.89. The van der Waals surface area contributed by atoms with Crippen molar-refractivity contribution in [1.82, 2.24) is 8.87 Å². The summed E-state index contributed by atoms with van der Waals surface area (Å²) >= 11 is 0. The lowest BCUT2D eigenvalue weighted by Gasteiger charge is -2.13. The summed E-state index contributed by atoms with van der Waals surface area (Å²) in [7, 11) is -2.04. The molecule has 3 aromatic rings. The molecule has 3 heterocycles. The normalized spacial score (nSPS) is 15.0. The number of ether oxygens (including phenoxy) is 1. The number of hydrogen-bond acceptors (Lipinski definition) is 6. The minimum Gasteiger partial charge on any atom is -0.456 e. The molecule has 1 fully saturated rings.